The van der Waals surface area contributed by atoms with E-state index < -0.39 is 0 Å². The first-order valence-corrected chi connectivity index (χ1v) is 6.43. The van der Waals surface area contributed by atoms with Crippen LogP contribution in [0.3, 0.4) is 0 Å². The van der Waals surface area contributed by atoms with E-state index >= 15 is 0 Å². The summed E-state index contributed by atoms with van der Waals surface area (Å²) in [5.41, 5.74) is 1.36. The van der Waals surface area contributed by atoms with Gasteiger partial charge in [-0.3, -0.25) is 0 Å². The zero-order valence-corrected chi connectivity index (χ0v) is 10.7. The van der Waals surface area contributed by atoms with Crippen molar-refractivity contribution in [3.63, 3.8) is 0 Å². The molecule has 1 heterocycles. The summed E-state index contributed by atoms with van der Waals surface area (Å²) in [6, 6.07) is 6.38. The normalized spacial score (nSPS) is 11.8. The van der Waals surface area contributed by atoms with E-state index in [2.05, 4.69) is 30.2 Å². The van der Waals surface area contributed by atoms with Crippen LogP contribution in [-0.4, -0.2) is 11.0 Å². The molecule has 0 aliphatic carbocycles. The number of anilines is 1. The quantitative estimate of drug-likeness (QED) is 0.778. The molecule has 3 nitrogen and oxygen atoms in total. The smallest absolute Gasteiger partial charge is 0.163 e. The van der Waals surface area contributed by atoms with Crippen LogP contribution in [0.25, 0.3) is 0 Å². The summed E-state index contributed by atoms with van der Waals surface area (Å²) >= 11 is 0. The van der Waals surface area contributed by atoms with Crippen LogP contribution in [0.15, 0.2) is 18.3 Å². The van der Waals surface area contributed by atoms with Crippen molar-refractivity contribution < 1.29 is 0 Å². The summed E-state index contributed by atoms with van der Waals surface area (Å²) in [7, 11) is 0. The highest BCUT2D eigenvalue weighted by atomic mass is 14.9. The van der Waals surface area contributed by atoms with Gasteiger partial charge >= 0.3 is 0 Å². The van der Waals surface area contributed by atoms with Crippen molar-refractivity contribution in [2.24, 2.45) is 0 Å². The second kappa shape index (κ2) is 7.67. The van der Waals surface area contributed by atoms with Crippen LogP contribution in [0, 0.1) is 11.3 Å². The Hall–Kier alpha value is -1.56. The maximum absolute atomic E-state index is 8.98. The van der Waals surface area contributed by atoms with Crippen molar-refractivity contribution in [3.8, 4) is 6.07 Å². The fourth-order valence-electron chi connectivity index (χ4n) is 1.92. The number of pyridine rings is 1. The predicted octanol–water partition coefficient (Wildman–Crippen LogP) is 3.72. The molecule has 17 heavy (non-hydrogen) atoms. The molecule has 1 atom stereocenters. The Morgan fingerprint density at radius 2 is 2.18 bits per heavy atom. The second-order valence-corrected chi connectivity index (χ2v) is 4.28. The SMILES string of the molecule is CCCCC(CCC)Nc1cccnc1C#N. The summed E-state index contributed by atoms with van der Waals surface area (Å²) in [6.45, 7) is 4.39. The van der Waals surface area contributed by atoms with E-state index in [0.717, 1.165) is 24.9 Å². The lowest BCUT2D eigenvalue weighted by Crippen LogP contribution is -2.20. The molecule has 1 N–H and O–H groups in total. The molecule has 0 saturated carbocycles. The first kappa shape index (κ1) is 13.5. The number of hydrogen-bond donors (Lipinski definition) is 1. The zero-order valence-electron chi connectivity index (χ0n) is 10.7. The molecule has 0 aliphatic heterocycles. The highest BCUT2D eigenvalue weighted by Gasteiger charge is 2.09. The van der Waals surface area contributed by atoms with E-state index in [1.54, 1.807) is 6.20 Å². The molecule has 1 rings (SSSR count). The lowest BCUT2D eigenvalue weighted by molar-refractivity contribution is 0.564. The molecule has 0 amide bonds. The van der Waals surface area contributed by atoms with Gasteiger partial charge in [0.2, 0.25) is 0 Å². The van der Waals surface area contributed by atoms with E-state index in [1.165, 1.54) is 12.8 Å². The molecule has 0 fully saturated rings. The molecule has 0 radical (unpaired) electrons. The molecule has 3 heteroatoms. The van der Waals surface area contributed by atoms with Crippen molar-refractivity contribution in [1.82, 2.24) is 4.98 Å². The summed E-state index contributed by atoms with van der Waals surface area (Å²) in [5, 5.41) is 12.4. The van der Waals surface area contributed by atoms with Gasteiger partial charge in [0.1, 0.15) is 6.07 Å². The highest BCUT2D eigenvalue weighted by molar-refractivity contribution is 5.53. The molecule has 0 saturated heterocycles. The second-order valence-electron chi connectivity index (χ2n) is 4.28. The molecule has 0 bridgehead atoms. The minimum Gasteiger partial charge on any atom is -0.380 e. The van der Waals surface area contributed by atoms with Gasteiger partial charge in [-0.1, -0.05) is 33.1 Å². The standard InChI is InChI=1S/C14H21N3/c1-3-5-8-12(7-4-2)17-13-9-6-10-16-14(13)11-15/h6,9-10,12,17H,3-5,7-8H2,1-2H3. The number of unbranched alkanes of at least 4 members (excludes halogenated alkanes) is 1. The van der Waals surface area contributed by atoms with Gasteiger partial charge < -0.3 is 5.32 Å². The third-order valence-electron chi connectivity index (χ3n) is 2.82. The number of nitrogens with zero attached hydrogens (tertiary/aromatic N) is 2. The van der Waals surface area contributed by atoms with Gasteiger partial charge in [-0.25, -0.2) is 4.98 Å². The molecule has 1 aromatic rings. The topological polar surface area (TPSA) is 48.7 Å². The predicted molar refractivity (Wildman–Crippen MR) is 70.8 cm³/mol. The minimum atomic E-state index is 0.455. The lowest BCUT2D eigenvalue weighted by Gasteiger charge is -2.19. The molecular weight excluding hydrogens is 210 g/mol. The van der Waals surface area contributed by atoms with Crippen molar-refractivity contribution >= 4 is 5.69 Å². The molecule has 0 aliphatic rings. The largest absolute Gasteiger partial charge is 0.380 e. The molecule has 0 spiro atoms. The Morgan fingerprint density at radius 1 is 1.35 bits per heavy atom. The Morgan fingerprint density at radius 3 is 2.82 bits per heavy atom. The van der Waals surface area contributed by atoms with E-state index in [1.807, 2.05) is 12.1 Å². The Labute approximate surface area is 104 Å². The first-order valence-electron chi connectivity index (χ1n) is 6.43. The number of rotatable bonds is 7. The van der Waals surface area contributed by atoms with Crippen LogP contribution in [0.5, 0.6) is 0 Å². The van der Waals surface area contributed by atoms with Crippen LogP contribution < -0.4 is 5.32 Å². The summed E-state index contributed by atoms with van der Waals surface area (Å²) in [5.74, 6) is 0. The molecule has 92 valence electrons. The van der Waals surface area contributed by atoms with Gasteiger partial charge in [-0.2, -0.15) is 5.26 Å². The minimum absolute atomic E-state index is 0.455. The van der Waals surface area contributed by atoms with E-state index in [9.17, 15) is 0 Å². The van der Waals surface area contributed by atoms with Gasteiger partial charge in [0.15, 0.2) is 5.69 Å². The highest BCUT2D eigenvalue weighted by Crippen LogP contribution is 2.17. The molecule has 0 aromatic carbocycles. The number of hydrogen-bond acceptors (Lipinski definition) is 3. The van der Waals surface area contributed by atoms with Gasteiger partial charge in [0, 0.05) is 12.2 Å². The maximum Gasteiger partial charge on any atom is 0.163 e. The van der Waals surface area contributed by atoms with Gasteiger partial charge in [0.05, 0.1) is 5.69 Å². The van der Waals surface area contributed by atoms with Crippen molar-refractivity contribution in [2.75, 3.05) is 5.32 Å². The van der Waals surface area contributed by atoms with Crippen molar-refractivity contribution in [1.29, 1.82) is 5.26 Å². The third-order valence-corrected chi connectivity index (χ3v) is 2.82. The number of nitrogens with one attached hydrogen (secondary N) is 1. The van der Waals surface area contributed by atoms with Gasteiger partial charge in [-0.05, 0) is 25.0 Å². The summed E-state index contributed by atoms with van der Waals surface area (Å²) in [4.78, 5) is 4.07. The fourth-order valence-corrected chi connectivity index (χ4v) is 1.92. The van der Waals surface area contributed by atoms with E-state index in [4.69, 9.17) is 5.26 Å². The molecular formula is C14H21N3. The average Bonchev–Trinajstić information content (AvgIpc) is 2.37. The van der Waals surface area contributed by atoms with Crippen LogP contribution in [-0.2, 0) is 0 Å². The monoisotopic (exact) mass is 231 g/mol. The Bertz CT molecular complexity index is 368. The maximum atomic E-state index is 8.98. The van der Waals surface area contributed by atoms with Crippen molar-refractivity contribution in [3.05, 3.63) is 24.0 Å². The Balaban J connectivity index is 2.68. The van der Waals surface area contributed by atoms with E-state index in [-0.39, 0.29) is 0 Å². The van der Waals surface area contributed by atoms with Crippen LogP contribution in [0.4, 0.5) is 5.69 Å². The molecule has 1 unspecified atom stereocenters. The van der Waals surface area contributed by atoms with E-state index in [0.29, 0.717) is 11.7 Å². The Kier molecular flexibility index (Phi) is 6.09. The molecule has 1 aromatic heterocycles. The first-order chi connectivity index (χ1) is 8.31. The third kappa shape index (κ3) is 4.44. The average molecular weight is 231 g/mol. The van der Waals surface area contributed by atoms with Gasteiger partial charge in [-0.15, -0.1) is 0 Å². The fraction of sp³-hybridized carbons (Fsp3) is 0.571. The van der Waals surface area contributed by atoms with Crippen LogP contribution in [0.2, 0.25) is 0 Å². The summed E-state index contributed by atoms with van der Waals surface area (Å²) < 4.78 is 0. The van der Waals surface area contributed by atoms with Crippen LogP contribution >= 0.6 is 0 Å². The number of nitriles is 1. The van der Waals surface area contributed by atoms with Crippen molar-refractivity contribution in [2.45, 2.75) is 52.0 Å². The lowest BCUT2D eigenvalue weighted by atomic mass is 10.0. The zero-order chi connectivity index (χ0) is 12.5. The van der Waals surface area contributed by atoms with Crippen LogP contribution in [0.1, 0.15) is 51.6 Å². The number of aromatic nitrogens is 1. The van der Waals surface area contributed by atoms with Gasteiger partial charge in [0.25, 0.3) is 0 Å². The summed E-state index contributed by atoms with van der Waals surface area (Å²) in [6.07, 6.45) is 7.54.